The monoisotopic (exact) mass is 564 g/mol. The molecule has 2 aromatic heterocycles. The van der Waals surface area contributed by atoms with Gasteiger partial charge in [0.1, 0.15) is 0 Å². The molecule has 1 aliphatic rings. The molecule has 0 atom stereocenters. The zero-order valence-electron chi connectivity index (χ0n) is 12.8. The maximum atomic E-state index is 2.65. The van der Waals surface area contributed by atoms with Crippen LogP contribution in [0.25, 0.3) is 11.1 Å². The predicted octanol–water partition coefficient (Wildman–Crippen LogP) is 0.146. The van der Waals surface area contributed by atoms with E-state index in [1.165, 1.54) is 0 Å². The molecule has 1 aliphatic heterocycles. The Morgan fingerprint density at radius 3 is 1.30 bits per heavy atom. The minimum atomic E-state index is -1.08. The Hall–Kier alpha value is 1.47. The summed E-state index contributed by atoms with van der Waals surface area (Å²) in [5.41, 5.74) is 3.45. The zero-order chi connectivity index (χ0) is 14.7. The molecule has 0 saturated carbocycles. The topological polar surface area (TPSA) is 0 Å². The molecule has 0 N–H and O–H groups in total. The van der Waals surface area contributed by atoms with E-state index in [4.69, 9.17) is 0 Å². The maximum absolute atomic E-state index is 2.65. The molecule has 0 saturated heterocycles. The standard InChI is InChI=1S/C14H20Se4Si2/c1-19(2,3)11-7-9-10-8-12(20(4,5)6)16-14(10)18-17-13(9)15-11/h7-8H,1-6H3. The first-order valence-electron chi connectivity index (χ1n) is 6.80. The molecule has 0 fully saturated rings. The zero-order valence-corrected chi connectivity index (χ0v) is 21.6. The second-order valence-corrected chi connectivity index (χ2v) is 32.1. The molecule has 0 radical (unpaired) electrons. The van der Waals surface area contributed by atoms with E-state index in [-0.39, 0.29) is 0 Å². The Morgan fingerprint density at radius 1 is 0.650 bits per heavy atom. The summed E-state index contributed by atoms with van der Waals surface area (Å²) in [7, 11) is -2.15. The number of hydrogen-bond donors (Lipinski definition) is 0. The summed E-state index contributed by atoms with van der Waals surface area (Å²) in [5, 5.41) is 0. The van der Waals surface area contributed by atoms with E-state index in [0.29, 0.717) is 0 Å². The molecule has 3 rings (SSSR count). The molecule has 108 valence electrons. The van der Waals surface area contributed by atoms with Gasteiger partial charge in [-0.05, 0) is 0 Å². The summed E-state index contributed by atoms with van der Waals surface area (Å²) in [4.78, 5) is 0. The van der Waals surface area contributed by atoms with Gasteiger partial charge in [0.05, 0.1) is 0 Å². The predicted molar refractivity (Wildman–Crippen MR) is 102 cm³/mol. The molecule has 0 spiro atoms. The van der Waals surface area contributed by atoms with Crippen molar-refractivity contribution in [2.75, 3.05) is 0 Å². The average Bonchev–Trinajstić information content (AvgIpc) is 2.90. The van der Waals surface area contributed by atoms with Crippen molar-refractivity contribution in [2.24, 2.45) is 0 Å². The summed E-state index contributed by atoms with van der Waals surface area (Å²) >= 11 is 3.12. The van der Waals surface area contributed by atoms with Crippen molar-refractivity contribution in [1.29, 1.82) is 0 Å². The van der Waals surface area contributed by atoms with Crippen LogP contribution in [-0.4, -0.2) is 71.4 Å². The fourth-order valence-corrected chi connectivity index (χ4v) is 28.8. The van der Waals surface area contributed by atoms with Crippen LogP contribution in [0, 0.1) is 0 Å². The number of hydrogen-bond acceptors (Lipinski definition) is 0. The van der Waals surface area contributed by atoms with Crippen LogP contribution in [0.2, 0.25) is 39.3 Å². The molecule has 0 nitrogen and oxygen atoms in total. The normalized spacial score (nSPS) is 15.1. The fraction of sp³-hybridized carbons (Fsp3) is 0.429. The van der Waals surface area contributed by atoms with Crippen molar-refractivity contribution in [2.45, 2.75) is 39.3 Å². The van der Waals surface area contributed by atoms with E-state index in [1.54, 1.807) is 11.1 Å². The van der Waals surface area contributed by atoms with Gasteiger partial charge >= 0.3 is 149 Å². The van der Waals surface area contributed by atoms with Crippen molar-refractivity contribution in [3.05, 3.63) is 12.1 Å². The van der Waals surface area contributed by atoms with Gasteiger partial charge in [0.15, 0.2) is 0 Å². The molecule has 0 unspecified atom stereocenters. The Bertz CT molecular complexity index is 597. The quantitative estimate of drug-likeness (QED) is 0.460. The molecule has 0 bridgehead atoms. The molecular weight excluding hydrogens is 540 g/mol. The van der Waals surface area contributed by atoms with Crippen LogP contribution >= 0.6 is 0 Å². The van der Waals surface area contributed by atoms with Crippen molar-refractivity contribution in [3.63, 3.8) is 0 Å². The first-order valence-corrected chi connectivity index (χ1v) is 23.3. The van der Waals surface area contributed by atoms with Crippen LogP contribution in [0.1, 0.15) is 0 Å². The SMILES string of the molecule is C[Si](C)(C)c1cc2c([se]1)[Se][Se]c1[se]c([Si](C)(C)C)cc1-2. The number of rotatable bonds is 2. The van der Waals surface area contributed by atoms with Crippen LogP contribution in [0.4, 0.5) is 0 Å². The van der Waals surface area contributed by atoms with E-state index in [9.17, 15) is 0 Å². The van der Waals surface area contributed by atoms with Gasteiger partial charge in [0.2, 0.25) is 0 Å². The Morgan fingerprint density at radius 2 is 1.00 bits per heavy atom. The molecule has 0 aliphatic carbocycles. The van der Waals surface area contributed by atoms with Gasteiger partial charge in [0, 0.05) is 0 Å². The van der Waals surface area contributed by atoms with E-state index in [2.05, 4.69) is 51.4 Å². The minimum absolute atomic E-state index is 0.725. The fourth-order valence-electron chi connectivity index (χ4n) is 2.06. The summed E-state index contributed by atoms with van der Waals surface area (Å²) < 4.78 is 7.54. The summed E-state index contributed by atoms with van der Waals surface area (Å²) in [6.45, 7) is 15.1. The summed E-state index contributed by atoms with van der Waals surface area (Å²) in [6, 6.07) is 5.29. The summed E-state index contributed by atoms with van der Waals surface area (Å²) in [6.07, 6.45) is 0. The third-order valence-electron chi connectivity index (χ3n) is 3.36. The van der Waals surface area contributed by atoms with Crippen molar-refractivity contribution >= 4 is 86.2 Å². The van der Waals surface area contributed by atoms with Crippen molar-refractivity contribution in [3.8, 4) is 11.1 Å². The molecule has 2 aromatic rings. The summed E-state index contributed by atoms with van der Waals surface area (Å²) in [5.74, 6) is 0. The van der Waals surface area contributed by atoms with Gasteiger partial charge in [-0.2, -0.15) is 0 Å². The number of fused-ring (bicyclic) bond motifs is 3. The van der Waals surface area contributed by atoms with E-state index in [1.807, 2.05) is 14.8 Å². The third-order valence-corrected chi connectivity index (χ3v) is 34.0. The van der Waals surface area contributed by atoms with Gasteiger partial charge in [-0.3, -0.25) is 0 Å². The average molecular weight is 560 g/mol. The molecular formula is C14H20Se4Si2. The van der Waals surface area contributed by atoms with E-state index in [0.717, 1.165) is 55.3 Å². The van der Waals surface area contributed by atoms with E-state index < -0.39 is 16.1 Å². The van der Waals surface area contributed by atoms with Crippen molar-refractivity contribution < 1.29 is 0 Å². The Kier molecular flexibility index (Phi) is 4.51. The third kappa shape index (κ3) is 3.08. The second kappa shape index (κ2) is 5.53. The van der Waals surface area contributed by atoms with Crippen LogP contribution < -0.4 is 14.8 Å². The van der Waals surface area contributed by atoms with Gasteiger partial charge in [-0.15, -0.1) is 0 Å². The first kappa shape index (κ1) is 16.3. The molecule has 0 amide bonds. The van der Waals surface area contributed by atoms with Gasteiger partial charge in [0.25, 0.3) is 0 Å². The molecule has 0 aromatic carbocycles. The van der Waals surface area contributed by atoms with Crippen molar-refractivity contribution in [1.82, 2.24) is 0 Å². The Labute approximate surface area is 147 Å². The Balaban J connectivity index is 2.11. The van der Waals surface area contributed by atoms with Crippen LogP contribution in [0.5, 0.6) is 0 Å². The molecule has 6 heteroatoms. The van der Waals surface area contributed by atoms with Gasteiger partial charge in [-0.25, -0.2) is 0 Å². The second-order valence-electron chi connectivity index (χ2n) is 7.29. The van der Waals surface area contributed by atoms with E-state index >= 15 is 0 Å². The molecule has 20 heavy (non-hydrogen) atoms. The molecule has 3 heterocycles. The van der Waals surface area contributed by atoms with Gasteiger partial charge in [-0.1, -0.05) is 0 Å². The first-order chi connectivity index (χ1) is 9.16. The van der Waals surface area contributed by atoms with Gasteiger partial charge < -0.3 is 0 Å². The van der Waals surface area contributed by atoms with Crippen LogP contribution in [0.15, 0.2) is 12.1 Å². The van der Waals surface area contributed by atoms with Crippen LogP contribution in [0.3, 0.4) is 0 Å². The van der Waals surface area contributed by atoms with Crippen LogP contribution in [-0.2, 0) is 0 Å².